The van der Waals surface area contributed by atoms with Gasteiger partial charge in [-0.25, -0.2) is 0 Å². The average Bonchev–Trinajstić information content (AvgIpc) is 2.40. The molecule has 2 atom stereocenters. The molecular weight excluding hydrogens is 270 g/mol. The fourth-order valence-electron chi connectivity index (χ4n) is 2.03. The number of nitro groups is 1. The van der Waals surface area contributed by atoms with Crippen LogP contribution in [0.3, 0.4) is 0 Å². The Morgan fingerprint density at radius 1 is 1.38 bits per heavy atom. The molecule has 0 aliphatic carbocycles. The van der Waals surface area contributed by atoms with Crippen molar-refractivity contribution in [2.75, 3.05) is 5.32 Å². The van der Waals surface area contributed by atoms with Gasteiger partial charge in [0, 0.05) is 29.8 Å². The first kappa shape index (κ1) is 17.1. The van der Waals surface area contributed by atoms with Crippen LogP contribution in [0.2, 0.25) is 0 Å². The minimum absolute atomic E-state index is 0.0236. The van der Waals surface area contributed by atoms with E-state index in [0.717, 1.165) is 19.3 Å². The molecule has 3 N–H and O–H groups in total. The summed E-state index contributed by atoms with van der Waals surface area (Å²) in [6.45, 7) is 5.56. The van der Waals surface area contributed by atoms with Gasteiger partial charge in [0.1, 0.15) is 0 Å². The number of carbonyl (C=O) groups is 1. The van der Waals surface area contributed by atoms with Crippen molar-refractivity contribution in [1.82, 2.24) is 0 Å². The summed E-state index contributed by atoms with van der Waals surface area (Å²) in [5, 5.41) is 13.5. The van der Waals surface area contributed by atoms with Gasteiger partial charge >= 0.3 is 0 Å². The Morgan fingerprint density at radius 2 is 2.05 bits per heavy atom. The lowest BCUT2D eigenvalue weighted by atomic mass is 10.0. The van der Waals surface area contributed by atoms with Gasteiger partial charge in [-0.15, -0.1) is 0 Å². The molecule has 21 heavy (non-hydrogen) atoms. The number of hydrogen-bond acceptors (Lipinski definition) is 4. The molecule has 6 heteroatoms. The molecule has 0 fully saturated rings. The molecular formula is C15H23N3O3. The first-order valence-electron chi connectivity index (χ1n) is 7.12. The normalized spacial score (nSPS) is 13.5. The molecule has 0 aliphatic rings. The Morgan fingerprint density at radius 3 is 2.57 bits per heavy atom. The lowest BCUT2D eigenvalue weighted by Crippen LogP contribution is -2.22. The molecule has 1 aromatic carbocycles. The fraction of sp³-hybridized carbons (Fsp3) is 0.533. The number of nitrogens with two attached hydrogens (primary N) is 1. The third kappa shape index (κ3) is 5.51. The predicted octanol–water partition coefficient (Wildman–Crippen LogP) is 3.00. The number of non-ortho nitro benzene ring substituents is 1. The topological polar surface area (TPSA) is 98.3 Å². The standard InChI is InChI=1S/C15H23N3O3/c1-10(5-4-6-12(3)16)15(19)17-14-8-7-13(18(20)21)9-11(14)2/h7-10,12H,4-6,16H2,1-3H3,(H,17,19). The van der Waals surface area contributed by atoms with Gasteiger partial charge in [-0.3, -0.25) is 14.9 Å². The summed E-state index contributed by atoms with van der Waals surface area (Å²) in [6, 6.07) is 4.57. The summed E-state index contributed by atoms with van der Waals surface area (Å²) in [4.78, 5) is 22.3. The Labute approximate surface area is 124 Å². The second kappa shape index (κ2) is 7.73. The zero-order valence-corrected chi connectivity index (χ0v) is 12.8. The van der Waals surface area contributed by atoms with E-state index in [0.29, 0.717) is 11.3 Å². The molecule has 116 valence electrons. The highest BCUT2D eigenvalue weighted by molar-refractivity contribution is 5.93. The molecule has 1 amide bonds. The minimum Gasteiger partial charge on any atom is -0.328 e. The van der Waals surface area contributed by atoms with Crippen molar-refractivity contribution in [1.29, 1.82) is 0 Å². The van der Waals surface area contributed by atoms with Crippen molar-refractivity contribution in [3.63, 3.8) is 0 Å². The van der Waals surface area contributed by atoms with Gasteiger partial charge in [0.05, 0.1) is 4.92 Å². The van der Waals surface area contributed by atoms with Gasteiger partial charge in [-0.1, -0.05) is 13.3 Å². The zero-order valence-electron chi connectivity index (χ0n) is 12.8. The summed E-state index contributed by atoms with van der Waals surface area (Å²) in [5.41, 5.74) is 7.00. The van der Waals surface area contributed by atoms with Crippen LogP contribution in [-0.2, 0) is 4.79 Å². The molecule has 0 aromatic heterocycles. The van der Waals surface area contributed by atoms with Crippen LogP contribution in [0.25, 0.3) is 0 Å². The van der Waals surface area contributed by atoms with E-state index in [-0.39, 0.29) is 23.6 Å². The van der Waals surface area contributed by atoms with Crippen molar-refractivity contribution in [2.45, 2.75) is 46.1 Å². The van der Waals surface area contributed by atoms with Crippen molar-refractivity contribution >= 4 is 17.3 Å². The van der Waals surface area contributed by atoms with Crippen molar-refractivity contribution in [2.24, 2.45) is 11.7 Å². The third-order valence-electron chi connectivity index (χ3n) is 3.42. The van der Waals surface area contributed by atoms with E-state index >= 15 is 0 Å². The monoisotopic (exact) mass is 293 g/mol. The van der Waals surface area contributed by atoms with Crippen LogP contribution in [0.15, 0.2) is 18.2 Å². The Kier molecular flexibility index (Phi) is 6.30. The first-order chi connectivity index (χ1) is 9.81. The molecule has 1 aromatic rings. The molecule has 0 radical (unpaired) electrons. The van der Waals surface area contributed by atoms with Gasteiger partial charge in [-0.05, 0) is 38.3 Å². The van der Waals surface area contributed by atoms with Gasteiger partial charge in [0.25, 0.3) is 5.69 Å². The number of hydrogen-bond donors (Lipinski definition) is 2. The van der Waals surface area contributed by atoms with Crippen LogP contribution in [-0.4, -0.2) is 16.9 Å². The summed E-state index contributed by atoms with van der Waals surface area (Å²) in [5.74, 6) is -0.185. The van der Waals surface area contributed by atoms with E-state index < -0.39 is 4.92 Å². The van der Waals surface area contributed by atoms with E-state index in [9.17, 15) is 14.9 Å². The molecule has 0 heterocycles. The lowest BCUT2D eigenvalue weighted by molar-refractivity contribution is -0.384. The first-order valence-corrected chi connectivity index (χ1v) is 7.12. The number of nitrogens with zero attached hydrogens (tertiary/aromatic N) is 1. The molecule has 6 nitrogen and oxygen atoms in total. The Hall–Kier alpha value is -1.95. The van der Waals surface area contributed by atoms with Crippen molar-refractivity contribution in [3.8, 4) is 0 Å². The number of aryl methyl sites for hydroxylation is 1. The highest BCUT2D eigenvalue weighted by Crippen LogP contribution is 2.22. The van der Waals surface area contributed by atoms with E-state index in [1.54, 1.807) is 13.0 Å². The largest absolute Gasteiger partial charge is 0.328 e. The Balaban J connectivity index is 2.60. The van der Waals surface area contributed by atoms with Gasteiger partial charge in [0.2, 0.25) is 5.91 Å². The van der Waals surface area contributed by atoms with Gasteiger partial charge in [-0.2, -0.15) is 0 Å². The van der Waals surface area contributed by atoms with Crippen LogP contribution < -0.4 is 11.1 Å². The van der Waals surface area contributed by atoms with Crippen LogP contribution in [0.4, 0.5) is 11.4 Å². The lowest BCUT2D eigenvalue weighted by Gasteiger charge is -2.14. The van der Waals surface area contributed by atoms with E-state index in [4.69, 9.17) is 5.73 Å². The quantitative estimate of drug-likeness (QED) is 0.596. The molecule has 2 unspecified atom stereocenters. The Bertz CT molecular complexity index is 515. The highest BCUT2D eigenvalue weighted by Gasteiger charge is 2.15. The summed E-state index contributed by atoms with van der Waals surface area (Å²) < 4.78 is 0. The zero-order chi connectivity index (χ0) is 16.0. The van der Waals surface area contributed by atoms with E-state index in [1.165, 1.54) is 12.1 Å². The van der Waals surface area contributed by atoms with Crippen molar-refractivity contribution in [3.05, 3.63) is 33.9 Å². The summed E-state index contributed by atoms with van der Waals surface area (Å²) >= 11 is 0. The number of benzene rings is 1. The van der Waals surface area contributed by atoms with Crippen LogP contribution in [0, 0.1) is 23.0 Å². The summed E-state index contributed by atoms with van der Waals surface area (Å²) in [7, 11) is 0. The second-order valence-electron chi connectivity index (χ2n) is 5.55. The van der Waals surface area contributed by atoms with Gasteiger partial charge < -0.3 is 11.1 Å². The van der Waals surface area contributed by atoms with Crippen molar-refractivity contribution < 1.29 is 9.72 Å². The third-order valence-corrected chi connectivity index (χ3v) is 3.42. The van der Waals surface area contributed by atoms with Crippen LogP contribution in [0.1, 0.15) is 38.7 Å². The summed E-state index contributed by atoms with van der Waals surface area (Å²) in [6.07, 6.45) is 2.58. The number of nitrogens with one attached hydrogen (secondary N) is 1. The molecule has 1 rings (SSSR count). The number of carbonyl (C=O) groups excluding carboxylic acids is 1. The van der Waals surface area contributed by atoms with Crippen LogP contribution in [0.5, 0.6) is 0 Å². The minimum atomic E-state index is -0.449. The molecule has 0 spiro atoms. The smallest absolute Gasteiger partial charge is 0.269 e. The van der Waals surface area contributed by atoms with E-state index in [2.05, 4.69) is 5.32 Å². The molecule has 0 aliphatic heterocycles. The average molecular weight is 293 g/mol. The fourth-order valence-corrected chi connectivity index (χ4v) is 2.03. The van der Waals surface area contributed by atoms with Gasteiger partial charge in [0.15, 0.2) is 0 Å². The highest BCUT2D eigenvalue weighted by atomic mass is 16.6. The number of rotatable bonds is 7. The number of anilines is 1. The maximum absolute atomic E-state index is 12.1. The maximum Gasteiger partial charge on any atom is 0.269 e. The molecule has 0 bridgehead atoms. The molecule has 0 saturated carbocycles. The number of amides is 1. The van der Waals surface area contributed by atoms with Crippen LogP contribution >= 0.6 is 0 Å². The van der Waals surface area contributed by atoms with E-state index in [1.807, 2.05) is 13.8 Å². The maximum atomic E-state index is 12.1. The second-order valence-corrected chi connectivity index (χ2v) is 5.55. The number of nitro benzene ring substituents is 1. The SMILES string of the molecule is Cc1cc([N+](=O)[O-])ccc1NC(=O)C(C)CCCC(C)N. The molecule has 0 saturated heterocycles. The predicted molar refractivity (Wildman–Crippen MR) is 83.1 cm³/mol.